The molecule has 0 saturated heterocycles. The van der Waals surface area contributed by atoms with Crippen LogP contribution >= 0.6 is 0 Å². The van der Waals surface area contributed by atoms with Gasteiger partial charge in [-0.3, -0.25) is 0 Å². The Bertz CT molecular complexity index is 540. The third-order valence-corrected chi connectivity index (χ3v) is 3.45. The molecule has 0 saturated carbocycles. The van der Waals surface area contributed by atoms with Crippen molar-refractivity contribution in [2.24, 2.45) is 5.41 Å². The number of nitrogens with one attached hydrogen (secondary N) is 1. The molecule has 112 valence electrons. The van der Waals surface area contributed by atoms with Gasteiger partial charge in [-0.2, -0.15) is 0 Å². The molecule has 1 unspecified atom stereocenters. The lowest BCUT2D eigenvalue weighted by molar-refractivity contribution is 0.352. The summed E-state index contributed by atoms with van der Waals surface area (Å²) in [5.41, 5.74) is 2.71. The summed E-state index contributed by atoms with van der Waals surface area (Å²) >= 11 is 0. The fourth-order valence-electron chi connectivity index (χ4n) is 2.44. The van der Waals surface area contributed by atoms with Crippen LogP contribution in [0.1, 0.15) is 38.8 Å². The van der Waals surface area contributed by atoms with Crippen LogP contribution in [0.15, 0.2) is 54.6 Å². The quantitative estimate of drug-likeness (QED) is 0.805. The van der Waals surface area contributed by atoms with Gasteiger partial charge in [-0.25, -0.2) is 0 Å². The number of benzene rings is 2. The average Bonchev–Trinajstić information content (AvgIpc) is 2.47. The first-order valence-electron chi connectivity index (χ1n) is 7.43. The highest BCUT2D eigenvalue weighted by atomic mass is 16.5. The molecule has 0 spiro atoms. The third-order valence-electron chi connectivity index (χ3n) is 3.45. The number of hydrogen-bond donors (Lipinski definition) is 1. The Morgan fingerprint density at radius 2 is 1.57 bits per heavy atom. The van der Waals surface area contributed by atoms with Gasteiger partial charge >= 0.3 is 0 Å². The van der Waals surface area contributed by atoms with E-state index >= 15 is 0 Å². The Morgan fingerprint density at radius 1 is 0.952 bits per heavy atom. The fourth-order valence-corrected chi connectivity index (χ4v) is 2.44. The van der Waals surface area contributed by atoms with E-state index in [-0.39, 0.29) is 5.41 Å². The minimum atomic E-state index is 0.264. The van der Waals surface area contributed by atoms with Gasteiger partial charge in [0, 0.05) is 5.69 Å². The van der Waals surface area contributed by atoms with Crippen LogP contribution in [0, 0.1) is 5.41 Å². The van der Waals surface area contributed by atoms with Gasteiger partial charge in [-0.05, 0) is 41.7 Å². The minimum Gasteiger partial charge on any atom is -0.497 e. The second-order valence-corrected chi connectivity index (χ2v) is 6.60. The molecule has 0 radical (unpaired) electrons. The highest BCUT2D eigenvalue weighted by Crippen LogP contribution is 2.32. The van der Waals surface area contributed by atoms with E-state index in [1.165, 1.54) is 5.56 Å². The van der Waals surface area contributed by atoms with Crippen LogP contribution in [-0.2, 0) is 0 Å². The lowest BCUT2D eigenvalue weighted by atomic mass is 9.85. The maximum absolute atomic E-state index is 5.21. The molecular weight excluding hydrogens is 258 g/mol. The van der Waals surface area contributed by atoms with E-state index in [2.05, 4.69) is 68.6 Å². The van der Waals surface area contributed by atoms with E-state index < -0.39 is 0 Å². The van der Waals surface area contributed by atoms with Crippen molar-refractivity contribution in [3.05, 3.63) is 60.2 Å². The maximum atomic E-state index is 5.21. The third kappa shape index (κ3) is 4.82. The van der Waals surface area contributed by atoms with E-state index in [0.29, 0.717) is 6.04 Å². The Labute approximate surface area is 128 Å². The molecule has 0 amide bonds. The van der Waals surface area contributed by atoms with Crippen molar-refractivity contribution < 1.29 is 4.74 Å². The number of rotatable bonds is 5. The van der Waals surface area contributed by atoms with Gasteiger partial charge in [0.2, 0.25) is 0 Å². The maximum Gasteiger partial charge on any atom is 0.119 e. The molecule has 21 heavy (non-hydrogen) atoms. The van der Waals surface area contributed by atoms with E-state index in [0.717, 1.165) is 17.9 Å². The smallest absolute Gasteiger partial charge is 0.119 e. The summed E-state index contributed by atoms with van der Waals surface area (Å²) in [5, 5.41) is 3.65. The zero-order chi connectivity index (χ0) is 15.3. The van der Waals surface area contributed by atoms with Crippen molar-refractivity contribution in [2.45, 2.75) is 33.2 Å². The summed E-state index contributed by atoms with van der Waals surface area (Å²) in [5.74, 6) is 0.882. The van der Waals surface area contributed by atoms with Crippen LogP contribution in [0.5, 0.6) is 5.75 Å². The summed E-state index contributed by atoms with van der Waals surface area (Å²) in [6.07, 6.45) is 1.07. The Hall–Kier alpha value is -1.96. The predicted molar refractivity (Wildman–Crippen MR) is 89.9 cm³/mol. The summed E-state index contributed by atoms with van der Waals surface area (Å²) in [6, 6.07) is 19.0. The minimum absolute atomic E-state index is 0.264. The van der Waals surface area contributed by atoms with Crippen molar-refractivity contribution in [1.29, 1.82) is 0 Å². The molecule has 2 aromatic carbocycles. The van der Waals surface area contributed by atoms with Crippen molar-refractivity contribution in [3.63, 3.8) is 0 Å². The predicted octanol–water partition coefficient (Wildman–Crippen LogP) is 5.28. The largest absolute Gasteiger partial charge is 0.497 e. The molecule has 1 N–H and O–H groups in total. The first-order chi connectivity index (χ1) is 9.98. The average molecular weight is 283 g/mol. The van der Waals surface area contributed by atoms with Crippen LogP contribution in [0.25, 0.3) is 0 Å². The van der Waals surface area contributed by atoms with Crippen molar-refractivity contribution in [3.8, 4) is 5.75 Å². The monoisotopic (exact) mass is 283 g/mol. The van der Waals surface area contributed by atoms with Gasteiger partial charge in [0.05, 0.1) is 13.2 Å². The highest BCUT2D eigenvalue weighted by molar-refractivity contribution is 5.48. The normalized spacial score (nSPS) is 12.8. The van der Waals surface area contributed by atoms with Gasteiger partial charge in [0.1, 0.15) is 5.75 Å². The molecule has 2 nitrogen and oxygen atoms in total. The van der Waals surface area contributed by atoms with Crippen LogP contribution in [-0.4, -0.2) is 7.11 Å². The molecule has 0 heterocycles. The second-order valence-electron chi connectivity index (χ2n) is 6.60. The molecule has 0 aliphatic carbocycles. The lowest BCUT2D eigenvalue weighted by Gasteiger charge is -2.28. The van der Waals surface area contributed by atoms with Gasteiger partial charge in [0.25, 0.3) is 0 Å². The Morgan fingerprint density at radius 3 is 2.10 bits per heavy atom. The van der Waals surface area contributed by atoms with Crippen LogP contribution < -0.4 is 10.1 Å². The molecule has 2 aromatic rings. The van der Waals surface area contributed by atoms with E-state index in [1.54, 1.807) is 7.11 Å². The molecule has 0 fully saturated rings. The zero-order valence-corrected chi connectivity index (χ0v) is 13.4. The highest BCUT2D eigenvalue weighted by Gasteiger charge is 2.20. The van der Waals surface area contributed by atoms with Crippen LogP contribution in [0.4, 0.5) is 5.69 Å². The molecule has 2 rings (SSSR count). The van der Waals surface area contributed by atoms with Gasteiger partial charge in [-0.15, -0.1) is 0 Å². The molecule has 0 bridgehead atoms. The van der Waals surface area contributed by atoms with E-state index in [1.807, 2.05) is 12.1 Å². The van der Waals surface area contributed by atoms with Crippen LogP contribution in [0.2, 0.25) is 0 Å². The zero-order valence-electron chi connectivity index (χ0n) is 13.4. The number of hydrogen-bond acceptors (Lipinski definition) is 2. The lowest BCUT2D eigenvalue weighted by Crippen LogP contribution is -2.18. The molecule has 1 atom stereocenters. The Balaban J connectivity index is 2.19. The molecule has 0 aromatic heterocycles. The Kier molecular flexibility index (Phi) is 4.89. The first-order valence-corrected chi connectivity index (χ1v) is 7.43. The fraction of sp³-hybridized carbons (Fsp3) is 0.368. The van der Waals surface area contributed by atoms with Gasteiger partial charge in [0.15, 0.2) is 0 Å². The summed E-state index contributed by atoms with van der Waals surface area (Å²) in [6.45, 7) is 6.83. The standard InChI is InChI=1S/C19H25NO/c1-19(2,3)14-18(15-8-6-5-7-9-15)20-16-10-12-17(21-4)13-11-16/h5-13,18,20H,14H2,1-4H3. The first kappa shape index (κ1) is 15.4. The van der Waals surface area contributed by atoms with Crippen molar-refractivity contribution >= 4 is 5.69 Å². The molecule has 0 aliphatic heterocycles. The topological polar surface area (TPSA) is 21.3 Å². The van der Waals surface area contributed by atoms with Crippen molar-refractivity contribution in [2.75, 3.05) is 12.4 Å². The number of ether oxygens (including phenoxy) is 1. The van der Waals surface area contributed by atoms with Gasteiger partial charge in [-0.1, -0.05) is 51.1 Å². The summed E-state index contributed by atoms with van der Waals surface area (Å²) in [7, 11) is 1.69. The van der Waals surface area contributed by atoms with E-state index in [9.17, 15) is 0 Å². The number of anilines is 1. The SMILES string of the molecule is COc1ccc(NC(CC(C)(C)C)c2ccccc2)cc1. The molecular formula is C19H25NO. The van der Waals surface area contributed by atoms with Crippen molar-refractivity contribution in [1.82, 2.24) is 0 Å². The molecule has 0 aliphatic rings. The van der Waals surface area contributed by atoms with Crippen LogP contribution in [0.3, 0.4) is 0 Å². The summed E-state index contributed by atoms with van der Waals surface area (Å²) in [4.78, 5) is 0. The van der Waals surface area contributed by atoms with Gasteiger partial charge < -0.3 is 10.1 Å². The second kappa shape index (κ2) is 6.66. The number of methoxy groups -OCH3 is 1. The van der Waals surface area contributed by atoms with E-state index in [4.69, 9.17) is 4.74 Å². The summed E-state index contributed by atoms with van der Waals surface area (Å²) < 4.78 is 5.21. The molecule has 2 heteroatoms.